The van der Waals surface area contributed by atoms with Crippen LogP contribution in [0.25, 0.3) is 0 Å². The van der Waals surface area contributed by atoms with Gasteiger partial charge in [0, 0.05) is 10.6 Å². The van der Waals surface area contributed by atoms with Gasteiger partial charge in [0.15, 0.2) is 0 Å². The van der Waals surface area contributed by atoms with Gasteiger partial charge in [-0.1, -0.05) is 24.3 Å². The summed E-state index contributed by atoms with van der Waals surface area (Å²) in [6.45, 7) is 1.93. The van der Waals surface area contributed by atoms with Gasteiger partial charge in [0.2, 0.25) is 5.91 Å². The van der Waals surface area contributed by atoms with Crippen molar-refractivity contribution in [1.29, 1.82) is 0 Å². The molecule has 2 N–H and O–H groups in total. The number of anilines is 1. The minimum atomic E-state index is -0.971. The predicted molar refractivity (Wildman–Crippen MR) is 83.9 cm³/mol. The first-order chi connectivity index (χ1) is 10.1. The van der Waals surface area contributed by atoms with Crippen molar-refractivity contribution in [2.45, 2.75) is 11.8 Å². The number of aromatic carboxylic acids is 1. The van der Waals surface area contributed by atoms with Gasteiger partial charge in [-0.15, -0.1) is 11.8 Å². The first kappa shape index (κ1) is 15.1. The molecule has 108 valence electrons. The number of carbonyl (C=O) groups is 2. The normalized spacial score (nSPS) is 10.1. The zero-order valence-corrected chi connectivity index (χ0v) is 12.3. The summed E-state index contributed by atoms with van der Waals surface area (Å²) in [5.41, 5.74) is 2.02. The highest BCUT2D eigenvalue weighted by molar-refractivity contribution is 8.00. The van der Waals surface area contributed by atoms with Crippen molar-refractivity contribution < 1.29 is 14.7 Å². The maximum atomic E-state index is 11.9. The SMILES string of the molecule is Cc1ccccc1NC(=O)CSc1cccc(C(=O)O)c1. The Morgan fingerprint density at radius 3 is 2.62 bits per heavy atom. The van der Waals surface area contributed by atoms with Gasteiger partial charge in [-0.2, -0.15) is 0 Å². The largest absolute Gasteiger partial charge is 0.478 e. The molecule has 4 nitrogen and oxygen atoms in total. The van der Waals surface area contributed by atoms with Crippen LogP contribution in [-0.2, 0) is 4.79 Å². The molecule has 0 radical (unpaired) electrons. The molecule has 0 saturated carbocycles. The molecule has 0 fully saturated rings. The number of thioether (sulfide) groups is 1. The van der Waals surface area contributed by atoms with Crippen LogP contribution in [0.4, 0.5) is 5.69 Å². The van der Waals surface area contributed by atoms with E-state index in [4.69, 9.17) is 5.11 Å². The number of rotatable bonds is 5. The van der Waals surface area contributed by atoms with Crippen LogP contribution in [0.1, 0.15) is 15.9 Å². The number of amides is 1. The number of benzene rings is 2. The first-order valence-electron chi connectivity index (χ1n) is 6.38. The molecule has 5 heteroatoms. The monoisotopic (exact) mass is 301 g/mol. The average molecular weight is 301 g/mol. The summed E-state index contributed by atoms with van der Waals surface area (Å²) in [4.78, 5) is 23.5. The molecule has 0 saturated heterocycles. The molecule has 0 atom stereocenters. The molecule has 0 unspecified atom stereocenters. The number of nitrogens with one attached hydrogen (secondary N) is 1. The smallest absolute Gasteiger partial charge is 0.335 e. The van der Waals surface area contributed by atoms with Crippen LogP contribution < -0.4 is 5.32 Å². The van der Waals surface area contributed by atoms with E-state index in [1.807, 2.05) is 31.2 Å². The molecular weight excluding hydrogens is 286 g/mol. The van der Waals surface area contributed by atoms with E-state index in [-0.39, 0.29) is 17.2 Å². The summed E-state index contributed by atoms with van der Waals surface area (Å²) >= 11 is 1.31. The molecule has 0 aliphatic rings. The van der Waals surface area contributed by atoms with Crippen LogP contribution in [0.3, 0.4) is 0 Å². The summed E-state index contributed by atoms with van der Waals surface area (Å²) in [7, 11) is 0. The highest BCUT2D eigenvalue weighted by Gasteiger charge is 2.07. The molecule has 2 aromatic carbocycles. The van der Waals surface area contributed by atoms with E-state index in [1.165, 1.54) is 17.8 Å². The maximum Gasteiger partial charge on any atom is 0.335 e. The predicted octanol–water partition coefficient (Wildman–Crippen LogP) is 3.42. The van der Waals surface area contributed by atoms with Gasteiger partial charge in [0.25, 0.3) is 0 Å². The van der Waals surface area contributed by atoms with E-state index in [9.17, 15) is 9.59 Å². The number of hydrogen-bond acceptors (Lipinski definition) is 3. The van der Waals surface area contributed by atoms with Crippen LogP contribution in [-0.4, -0.2) is 22.7 Å². The van der Waals surface area contributed by atoms with Crippen molar-refractivity contribution in [2.24, 2.45) is 0 Å². The number of aryl methyl sites for hydroxylation is 1. The van der Waals surface area contributed by atoms with Gasteiger partial charge < -0.3 is 10.4 Å². The van der Waals surface area contributed by atoms with Crippen LogP contribution in [0, 0.1) is 6.92 Å². The van der Waals surface area contributed by atoms with Crippen molar-refractivity contribution in [3.8, 4) is 0 Å². The molecule has 0 aromatic heterocycles. The van der Waals surface area contributed by atoms with Gasteiger partial charge in [-0.3, -0.25) is 4.79 Å². The molecule has 0 spiro atoms. The fraction of sp³-hybridized carbons (Fsp3) is 0.125. The topological polar surface area (TPSA) is 66.4 Å². The number of hydrogen-bond donors (Lipinski definition) is 2. The van der Waals surface area contributed by atoms with Gasteiger partial charge in [0.1, 0.15) is 0 Å². The lowest BCUT2D eigenvalue weighted by Gasteiger charge is -2.08. The van der Waals surface area contributed by atoms with Crippen molar-refractivity contribution in [3.63, 3.8) is 0 Å². The third-order valence-electron chi connectivity index (χ3n) is 2.87. The van der Waals surface area contributed by atoms with E-state index in [1.54, 1.807) is 18.2 Å². The zero-order valence-electron chi connectivity index (χ0n) is 11.5. The summed E-state index contributed by atoms with van der Waals surface area (Å²) in [6, 6.07) is 14.1. The quantitative estimate of drug-likeness (QED) is 0.830. The second-order valence-electron chi connectivity index (χ2n) is 4.48. The van der Waals surface area contributed by atoms with Crippen LogP contribution in [0.2, 0.25) is 0 Å². The summed E-state index contributed by atoms with van der Waals surface area (Å²) < 4.78 is 0. The molecule has 1 amide bonds. The average Bonchev–Trinajstić information content (AvgIpc) is 2.48. The second kappa shape index (κ2) is 6.95. The minimum Gasteiger partial charge on any atom is -0.478 e. The third-order valence-corrected chi connectivity index (χ3v) is 3.86. The maximum absolute atomic E-state index is 11.9. The molecule has 21 heavy (non-hydrogen) atoms. The van der Waals surface area contributed by atoms with Gasteiger partial charge in [0.05, 0.1) is 11.3 Å². The fourth-order valence-corrected chi connectivity index (χ4v) is 2.52. The number of para-hydroxylation sites is 1. The molecule has 0 bridgehead atoms. The Morgan fingerprint density at radius 1 is 1.14 bits per heavy atom. The van der Waals surface area contributed by atoms with E-state index < -0.39 is 5.97 Å². The van der Waals surface area contributed by atoms with Gasteiger partial charge >= 0.3 is 5.97 Å². The summed E-state index contributed by atoms with van der Waals surface area (Å²) in [6.07, 6.45) is 0. The number of carboxylic acid groups (broad SMARTS) is 1. The molecule has 0 aliphatic heterocycles. The Morgan fingerprint density at radius 2 is 1.90 bits per heavy atom. The van der Waals surface area contributed by atoms with E-state index >= 15 is 0 Å². The highest BCUT2D eigenvalue weighted by atomic mass is 32.2. The third kappa shape index (κ3) is 4.36. The number of carbonyl (C=O) groups excluding carboxylic acids is 1. The first-order valence-corrected chi connectivity index (χ1v) is 7.36. The van der Waals surface area contributed by atoms with Crippen molar-refractivity contribution >= 4 is 29.3 Å². The summed E-state index contributed by atoms with van der Waals surface area (Å²) in [5.74, 6) is -0.853. The van der Waals surface area contributed by atoms with Crippen molar-refractivity contribution in [1.82, 2.24) is 0 Å². The van der Waals surface area contributed by atoms with Crippen LogP contribution >= 0.6 is 11.8 Å². The van der Waals surface area contributed by atoms with E-state index in [2.05, 4.69) is 5.32 Å². The highest BCUT2D eigenvalue weighted by Crippen LogP contribution is 2.20. The molecule has 2 rings (SSSR count). The van der Waals surface area contributed by atoms with Crippen LogP contribution in [0.15, 0.2) is 53.4 Å². The molecular formula is C16H15NO3S. The Labute approximate surface area is 127 Å². The molecule has 2 aromatic rings. The van der Waals surface area contributed by atoms with Crippen molar-refractivity contribution in [2.75, 3.05) is 11.1 Å². The molecule has 0 heterocycles. The van der Waals surface area contributed by atoms with E-state index in [0.717, 1.165) is 16.1 Å². The molecule has 0 aliphatic carbocycles. The Kier molecular flexibility index (Phi) is 5.00. The Balaban J connectivity index is 1.94. The zero-order chi connectivity index (χ0) is 15.2. The lowest BCUT2D eigenvalue weighted by atomic mass is 10.2. The summed E-state index contributed by atoms with van der Waals surface area (Å²) in [5, 5.41) is 11.8. The Hall–Kier alpha value is -2.27. The van der Waals surface area contributed by atoms with E-state index in [0.29, 0.717) is 0 Å². The van der Waals surface area contributed by atoms with Crippen LogP contribution in [0.5, 0.6) is 0 Å². The lowest BCUT2D eigenvalue weighted by molar-refractivity contribution is -0.113. The number of carboxylic acids is 1. The Bertz CT molecular complexity index is 670. The standard InChI is InChI=1S/C16H15NO3S/c1-11-5-2-3-8-14(11)17-15(18)10-21-13-7-4-6-12(9-13)16(19)20/h2-9H,10H2,1H3,(H,17,18)(H,19,20). The van der Waals surface area contributed by atoms with Crippen molar-refractivity contribution in [3.05, 3.63) is 59.7 Å². The second-order valence-corrected chi connectivity index (χ2v) is 5.53. The fourth-order valence-electron chi connectivity index (χ4n) is 1.77. The lowest BCUT2D eigenvalue weighted by Crippen LogP contribution is -2.14. The minimum absolute atomic E-state index is 0.116. The van der Waals surface area contributed by atoms with Gasteiger partial charge in [-0.25, -0.2) is 4.79 Å². The van der Waals surface area contributed by atoms with Gasteiger partial charge in [-0.05, 0) is 36.8 Å².